The maximum absolute atomic E-state index is 13.9. The zero-order valence-electron chi connectivity index (χ0n) is 21.4. The van der Waals surface area contributed by atoms with Gasteiger partial charge in [-0.15, -0.1) is 0 Å². The fourth-order valence-electron chi connectivity index (χ4n) is 5.26. The highest BCUT2D eigenvalue weighted by atomic mass is 79.9. The summed E-state index contributed by atoms with van der Waals surface area (Å²) in [7, 11) is -3.86. The molecule has 10 heteroatoms. The molecule has 3 unspecified atom stereocenters. The summed E-state index contributed by atoms with van der Waals surface area (Å²) >= 11 is 3.50. The Morgan fingerprint density at radius 3 is 2.51 bits per heavy atom. The number of para-hydroxylation sites is 1. The standard InChI is InChI=1S/C27H36BrNO7S/c1-4-6-12-27(5-2)17-37(33,34)23-14-22(36-24-21(30)15-26(3,32)16-35-24)19(28)13-20(23)29(25(27)31)18-10-8-7-9-11-18/h7-11,13-14,21,24-25,30-32H,4-6,12,15-17H2,1-3H3/t21?,24?,25-,26?,27+/m0/s1. The van der Waals surface area contributed by atoms with Gasteiger partial charge in [-0.2, -0.15) is 0 Å². The lowest BCUT2D eigenvalue weighted by Crippen LogP contribution is -2.50. The maximum atomic E-state index is 13.9. The molecule has 2 aliphatic heterocycles. The van der Waals surface area contributed by atoms with Gasteiger partial charge in [0.1, 0.15) is 18.1 Å². The van der Waals surface area contributed by atoms with Crippen LogP contribution in [0.15, 0.2) is 51.8 Å². The summed E-state index contributed by atoms with van der Waals surface area (Å²) in [5, 5.41) is 32.5. The van der Waals surface area contributed by atoms with Gasteiger partial charge in [0.15, 0.2) is 9.84 Å². The first-order valence-electron chi connectivity index (χ1n) is 12.7. The molecule has 37 heavy (non-hydrogen) atoms. The Kier molecular flexibility index (Phi) is 8.28. The fraction of sp³-hybridized carbons (Fsp3) is 0.556. The van der Waals surface area contributed by atoms with Crippen LogP contribution in [0.5, 0.6) is 5.75 Å². The average molecular weight is 599 g/mol. The van der Waals surface area contributed by atoms with Crippen LogP contribution in [0.2, 0.25) is 0 Å². The van der Waals surface area contributed by atoms with E-state index in [-0.39, 0.29) is 29.4 Å². The van der Waals surface area contributed by atoms with Gasteiger partial charge in [0.25, 0.3) is 0 Å². The lowest BCUT2D eigenvalue weighted by molar-refractivity contribution is -0.224. The molecule has 0 radical (unpaired) electrons. The van der Waals surface area contributed by atoms with E-state index in [2.05, 4.69) is 15.9 Å². The van der Waals surface area contributed by atoms with Crippen LogP contribution in [-0.4, -0.2) is 60.3 Å². The normalized spacial score (nSPS) is 31.4. The van der Waals surface area contributed by atoms with Gasteiger partial charge in [0.05, 0.1) is 33.0 Å². The van der Waals surface area contributed by atoms with E-state index in [4.69, 9.17) is 9.47 Å². The van der Waals surface area contributed by atoms with Crippen LogP contribution < -0.4 is 9.64 Å². The van der Waals surface area contributed by atoms with Gasteiger partial charge in [0, 0.05) is 23.6 Å². The molecule has 0 spiro atoms. The van der Waals surface area contributed by atoms with Crippen LogP contribution in [0.25, 0.3) is 0 Å². The molecular formula is C27H36BrNO7S. The number of fused-ring (bicyclic) bond motifs is 1. The van der Waals surface area contributed by atoms with E-state index in [1.54, 1.807) is 17.9 Å². The Morgan fingerprint density at radius 2 is 1.89 bits per heavy atom. The van der Waals surface area contributed by atoms with Crippen molar-refractivity contribution in [1.82, 2.24) is 0 Å². The zero-order chi connectivity index (χ0) is 27.0. The van der Waals surface area contributed by atoms with Crippen molar-refractivity contribution in [1.29, 1.82) is 0 Å². The first-order chi connectivity index (χ1) is 17.4. The number of sulfone groups is 1. The molecule has 204 valence electrons. The molecule has 2 heterocycles. The van der Waals surface area contributed by atoms with Gasteiger partial charge in [-0.05, 0) is 53.9 Å². The molecule has 0 aliphatic carbocycles. The number of hydrogen-bond donors (Lipinski definition) is 3. The van der Waals surface area contributed by atoms with Crippen molar-refractivity contribution >= 4 is 37.1 Å². The minimum atomic E-state index is -3.86. The number of benzene rings is 2. The van der Waals surface area contributed by atoms with Crippen molar-refractivity contribution in [3.8, 4) is 5.75 Å². The van der Waals surface area contributed by atoms with Gasteiger partial charge in [-0.25, -0.2) is 8.42 Å². The van der Waals surface area contributed by atoms with E-state index in [0.717, 1.165) is 12.8 Å². The molecule has 3 N–H and O–H groups in total. The largest absolute Gasteiger partial charge is 0.461 e. The van der Waals surface area contributed by atoms with Crippen molar-refractivity contribution in [3.63, 3.8) is 0 Å². The Hall–Kier alpha value is -1.69. The molecule has 0 saturated carbocycles. The monoisotopic (exact) mass is 597 g/mol. The summed E-state index contributed by atoms with van der Waals surface area (Å²) in [6.45, 7) is 5.51. The Labute approximate surface area is 227 Å². The molecule has 0 amide bonds. The Bertz CT molecular complexity index is 1210. The number of rotatable bonds is 7. The third-order valence-electron chi connectivity index (χ3n) is 7.41. The lowest BCUT2D eigenvalue weighted by atomic mass is 9.79. The summed E-state index contributed by atoms with van der Waals surface area (Å²) in [5.41, 5.74) is -1.04. The molecule has 2 aliphatic rings. The second kappa shape index (κ2) is 10.8. The van der Waals surface area contributed by atoms with Gasteiger partial charge in [0.2, 0.25) is 6.29 Å². The number of hydrogen-bond acceptors (Lipinski definition) is 8. The summed E-state index contributed by atoms with van der Waals surface area (Å²) in [4.78, 5) is 1.74. The predicted octanol–water partition coefficient (Wildman–Crippen LogP) is 4.52. The summed E-state index contributed by atoms with van der Waals surface area (Å²) in [5.74, 6) is -0.0199. The van der Waals surface area contributed by atoms with Crippen molar-refractivity contribution in [3.05, 3.63) is 46.9 Å². The van der Waals surface area contributed by atoms with E-state index in [1.807, 2.05) is 44.2 Å². The second-order valence-electron chi connectivity index (χ2n) is 10.5. The van der Waals surface area contributed by atoms with Crippen LogP contribution >= 0.6 is 15.9 Å². The molecule has 8 nitrogen and oxygen atoms in total. The van der Waals surface area contributed by atoms with E-state index in [1.165, 1.54) is 6.07 Å². The second-order valence-corrected chi connectivity index (χ2v) is 13.3. The van der Waals surface area contributed by atoms with Crippen LogP contribution in [0.3, 0.4) is 0 Å². The molecule has 0 bridgehead atoms. The highest BCUT2D eigenvalue weighted by molar-refractivity contribution is 9.10. The number of halogens is 1. The first kappa shape index (κ1) is 28.3. The summed E-state index contributed by atoms with van der Waals surface area (Å²) in [6.07, 6.45) is -0.476. The quantitative estimate of drug-likeness (QED) is 0.426. The van der Waals surface area contributed by atoms with Gasteiger partial charge in [-0.1, -0.05) is 44.9 Å². The first-order valence-corrected chi connectivity index (χ1v) is 15.1. The molecular weight excluding hydrogens is 562 g/mol. The molecule has 2 aromatic rings. The van der Waals surface area contributed by atoms with Crippen molar-refractivity contribution < 1.29 is 33.2 Å². The van der Waals surface area contributed by atoms with Crippen LogP contribution in [0.1, 0.15) is 52.9 Å². The number of aliphatic hydroxyl groups excluding tert-OH is 2. The summed E-state index contributed by atoms with van der Waals surface area (Å²) in [6, 6.07) is 12.3. The molecule has 5 atom stereocenters. The molecule has 1 saturated heterocycles. The van der Waals surface area contributed by atoms with Crippen molar-refractivity contribution in [2.24, 2.45) is 5.41 Å². The summed E-state index contributed by atoms with van der Waals surface area (Å²) < 4.78 is 39.8. The minimum absolute atomic E-state index is 0.0278. The maximum Gasteiger partial charge on any atom is 0.226 e. The van der Waals surface area contributed by atoms with Crippen LogP contribution in [0.4, 0.5) is 11.4 Å². The third kappa shape index (κ3) is 5.69. The smallest absolute Gasteiger partial charge is 0.226 e. The SMILES string of the molecule is CCCC[C@]1(CC)CS(=O)(=O)c2cc(OC3OCC(C)(O)CC3O)c(Br)cc2N(c2ccccc2)[C@H]1O. The fourth-order valence-corrected chi connectivity index (χ4v) is 7.86. The topological polar surface area (TPSA) is 117 Å². The minimum Gasteiger partial charge on any atom is -0.461 e. The number of nitrogens with zero attached hydrogens (tertiary/aromatic N) is 1. The Balaban J connectivity index is 1.84. The highest BCUT2D eigenvalue weighted by Crippen LogP contribution is 2.49. The van der Waals surface area contributed by atoms with Gasteiger partial charge < -0.3 is 29.7 Å². The third-order valence-corrected chi connectivity index (χ3v) is 9.98. The van der Waals surface area contributed by atoms with Gasteiger partial charge >= 0.3 is 0 Å². The molecule has 2 aromatic carbocycles. The number of ether oxygens (including phenoxy) is 2. The lowest BCUT2D eigenvalue weighted by Gasteiger charge is -2.41. The highest BCUT2D eigenvalue weighted by Gasteiger charge is 2.48. The number of aliphatic hydroxyl groups is 3. The van der Waals surface area contributed by atoms with Crippen molar-refractivity contribution in [2.45, 2.75) is 82.0 Å². The average Bonchev–Trinajstić information content (AvgIpc) is 2.91. The van der Waals surface area contributed by atoms with E-state index < -0.39 is 39.5 Å². The molecule has 4 rings (SSSR count). The predicted molar refractivity (Wildman–Crippen MR) is 145 cm³/mol. The van der Waals surface area contributed by atoms with Crippen LogP contribution in [0, 0.1) is 5.41 Å². The van der Waals surface area contributed by atoms with E-state index in [0.29, 0.717) is 28.7 Å². The van der Waals surface area contributed by atoms with E-state index in [9.17, 15) is 23.7 Å². The number of unbranched alkanes of at least 4 members (excludes halogenated alkanes) is 1. The Morgan fingerprint density at radius 1 is 1.19 bits per heavy atom. The zero-order valence-corrected chi connectivity index (χ0v) is 23.8. The number of anilines is 2. The van der Waals surface area contributed by atoms with Crippen molar-refractivity contribution in [2.75, 3.05) is 17.3 Å². The van der Waals surface area contributed by atoms with Crippen LogP contribution in [-0.2, 0) is 14.6 Å². The molecule has 1 fully saturated rings. The van der Waals surface area contributed by atoms with Gasteiger partial charge in [-0.3, -0.25) is 0 Å². The van der Waals surface area contributed by atoms with E-state index >= 15 is 0 Å². The molecule has 0 aromatic heterocycles.